The third-order valence-electron chi connectivity index (χ3n) is 11.4. The molecule has 1 heterocycles. The summed E-state index contributed by atoms with van der Waals surface area (Å²) in [6.45, 7) is 8.34. The molecule has 1 N–H and O–H groups in total. The van der Waals surface area contributed by atoms with Crippen molar-refractivity contribution in [2.45, 2.75) is 70.0 Å². The van der Waals surface area contributed by atoms with Gasteiger partial charge in [-0.05, 0) is 82.9 Å². The van der Waals surface area contributed by atoms with E-state index in [-0.39, 0.29) is 28.8 Å². The largest absolute Gasteiger partial charge is 0.469 e. The van der Waals surface area contributed by atoms with Crippen LogP contribution in [0, 0.1) is 17.3 Å². The van der Waals surface area contributed by atoms with Gasteiger partial charge in [0.2, 0.25) is 5.91 Å². The molecule has 1 aliphatic carbocycles. The van der Waals surface area contributed by atoms with Crippen molar-refractivity contribution in [3.8, 4) is 0 Å². The van der Waals surface area contributed by atoms with Crippen LogP contribution in [0.15, 0.2) is 109 Å². The summed E-state index contributed by atoms with van der Waals surface area (Å²) in [6, 6.07) is 35.7. The van der Waals surface area contributed by atoms with Crippen LogP contribution in [-0.2, 0) is 18.8 Å². The second kappa shape index (κ2) is 15.5. The normalized spacial score (nSPS) is 22.2. The highest BCUT2D eigenvalue weighted by molar-refractivity contribution is 6.99. The number of ether oxygens (including phenoxy) is 1. The van der Waals surface area contributed by atoms with Crippen molar-refractivity contribution >= 4 is 53.8 Å². The molecule has 0 spiro atoms. The summed E-state index contributed by atoms with van der Waals surface area (Å²) in [5, 5.41) is 14.0. The molecule has 9 heteroatoms. The SMILES string of the molecule is COC(=O)C(CO)[C@]1(C)C[C@H](c2cccc(Cl)c2)[C@@H](c2ccc(Cl)cc2)N([C@H](CO[Si](c2ccccc2)(c2ccccc2)C(C)(C)C)C2CC2)C1=O. The van der Waals surface area contributed by atoms with E-state index in [1.54, 1.807) is 0 Å². The van der Waals surface area contributed by atoms with Gasteiger partial charge in [-0.1, -0.05) is 129 Å². The van der Waals surface area contributed by atoms with E-state index in [9.17, 15) is 9.90 Å². The molecular formula is C43H49Cl2NO5Si. The van der Waals surface area contributed by atoms with E-state index in [4.69, 9.17) is 32.4 Å². The van der Waals surface area contributed by atoms with Gasteiger partial charge in [-0.2, -0.15) is 0 Å². The first-order valence-electron chi connectivity index (χ1n) is 18.1. The Hall–Kier alpha value is -3.46. The van der Waals surface area contributed by atoms with Gasteiger partial charge in [0.25, 0.3) is 8.32 Å². The van der Waals surface area contributed by atoms with E-state index < -0.39 is 38.3 Å². The molecule has 5 atom stereocenters. The number of aliphatic hydroxyl groups is 1. The van der Waals surface area contributed by atoms with Crippen LogP contribution in [0.2, 0.25) is 15.1 Å². The van der Waals surface area contributed by atoms with E-state index in [1.165, 1.54) is 7.11 Å². The Bertz CT molecular complexity index is 1810. The standard InChI is InChI=1S/C43H49Cl2NO5Si/c1-42(2,3)52(34-15-8-6-9-16-34,35-17-10-7-11-18-35)51-28-38(29-19-20-29)46-39(30-21-23-32(44)24-22-30)36(31-13-12-14-33(45)25-31)26-43(4,41(46)49)37(27-47)40(48)50-5/h6-18,21-25,29,36-39,47H,19-20,26-28H2,1-5H3/t36-,37?,38-,39-,43+/m1/s1. The van der Waals surface area contributed by atoms with Crippen molar-refractivity contribution < 1.29 is 23.9 Å². The van der Waals surface area contributed by atoms with Crippen molar-refractivity contribution in [3.63, 3.8) is 0 Å². The zero-order chi connectivity index (χ0) is 37.3. The van der Waals surface area contributed by atoms with Gasteiger partial charge in [-0.25, -0.2) is 0 Å². The number of hydrogen-bond donors (Lipinski definition) is 1. The molecule has 1 unspecified atom stereocenters. The van der Waals surface area contributed by atoms with Crippen LogP contribution in [0.4, 0.5) is 0 Å². The maximum absolute atomic E-state index is 15.5. The van der Waals surface area contributed by atoms with Gasteiger partial charge in [0, 0.05) is 16.0 Å². The number of likely N-dealkylation sites (tertiary alicyclic amines) is 1. The zero-order valence-corrected chi connectivity index (χ0v) is 33.1. The molecule has 2 aliphatic rings. The van der Waals surface area contributed by atoms with Gasteiger partial charge in [-0.15, -0.1) is 0 Å². The van der Waals surface area contributed by atoms with Gasteiger partial charge < -0.3 is 19.2 Å². The number of esters is 1. The Kier molecular flexibility index (Phi) is 11.4. The van der Waals surface area contributed by atoms with E-state index in [0.717, 1.165) is 34.3 Å². The minimum Gasteiger partial charge on any atom is -0.469 e. The number of nitrogens with zero attached hydrogens (tertiary/aromatic N) is 1. The Morgan fingerprint density at radius 2 is 1.48 bits per heavy atom. The van der Waals surface area contributed by atoms with Gasteiger partial charge in [-0.3, -0.25) is 9.59 Å². The molecule has 6 rings (SSSR count). The maximum Gasteiger partial charge on any atom is 0.312 e. The number of carbonyl (C=O) groups is 2. The van der Waals surface area contributed by atoms with E-state index in [1.807, 2.05) is 72.5 Å². The predicted molar refractivity (Wildman–Crippen MR) is 211 cm³/mol. The van der Waals surface area contributed by atoms with Crippen LogP contribution in [0.5, 0.6) is 0 Å². The number of halogens is 2. The van der Waals surface area contributed by atoms with Crippen LogP contribution in [-0.4, -0.2) is 56.6 Å². The number of amides is 1. The second-order valence-electron chi connectivity index (χ2n) is 15.6. The Balaban J connectivity index is 1.55. The molecule has 0 aromatic heterocycles. The fraction of sp³-hybridized carbons (Fsp3) is 0.395. The van der Waals surface area contributed by atoms with E-state index >= 15 is 4.79 Å². The van der Waals surface area contributed by atoms with Gasteiger partial charge in [0.15, 0.2) is 0 Å². The first kappa shape index (κ1) is 38.3. The molecule has 6 nitrogen and oxygen atoms in total. The lowest BCUT2D eigenvalue weighted by atomic mass is 9.63. The minimum absolute atomic E-state index is 0.185. The summed E-state index contributed by atoms with van der Waals surface area (Å²) < 4.78 is 12.8. The highest BCUT2D eigenvalue weighted by Gasteiger charge is 2.59. The lowest BCUT2D eigenvalue weighted by molar-refractivity contribution is -0.172. The Morgan fingerprint density at radius 1 is 0.885 bits per heavy atom. The molecule has 2 fully saturated rings. The number of carbonyl (C=O) groups excluding carboxylic acids is 2. The van der Waals surface area contributed by atoms with Crippen LogP contribution < -0.4 is 10.4 Å². The first-order valence-corrected chi connectivity index (χ1v) is 20.8. The number of hydrogen-bond acceptors (Lipinski definition) is 5. The Morgan fingerprint density at radius 3 is 1.98 bits per heavy atom. The highest BCUT2D eigenvalue weighted by Crippen LogP contribution is 2.55. The minimum atomic E-state index is -2.99. The van der Waals surface area contributed by atoms with Crippen LogP contribution in [0.3, 0.4) is 0 Å². The highest BCUT2D eigenvalue weighted by atomic mass is 35.5. The zero-order valence-electron chi connectivity index (χ0n) is 30.6. The maximum atomic E-state index is 15.5. The fourth-order valence-electron chi connectivity index (χ4n) is 8.58. The first-order chi connectivity index (χ1) is 24.9. The smallest absolute Gasteiger partial charge is 0.312 e. The lowest BCUT2D eigenvalue weighted by Gasteiger charge is -2.54. The molecule has 0 radical (unpaired) electrons. The lowest BCUT2D eigenvalue weighted by Crippen LogP contribution is -2.68. The van der Waals surface area contributed by atoms with Crippen molar-refractivity contribution in [2.75, 3.05) is 20.3 Å². The van der Waals surface area contributed by atoms with Crippen LogP contribution >= 0.6 is 23.2 Å². The van der Waals surface area contributed by atoms with Crippen molar-refractivity contribution in [3.05, 3.63) is 130 Å². The van der Waals surface area contributed by atoms with Crippen LogP contribution in [0.25, 0.3) is 0 Å². The molecule has 52 heavy (non-hydrogen) atoms. The average Bonchev–Trinajstić information content (AvgIpc) is 3.98. The molecule has 4 aromatic carbocycles. The molecule has 1 aliphatic heterocycles. The third-order valence-corrected chi connectivity index (χ3v) is 16.9. The van der Waals surface area contributed by atoms with Crippen LogP contribution in [0.1, 0.15) is 70.0 Å². The number of rotatable bonds is 12. The fourth-order valence-corrected chi connectivity index (χ4v) is 13.5. The molecule has 0 bridgehead atoms. The van der Waals surface area contributed by atoms with Gasteiger partial charge in [0.1, 0.15) is 0 Å². The molecule has 1 saturated heterocycles. The topological polar surface area (TPSA) is 76.1 Å². The number of aliphatic hydroxyl groups excluding tert-OH is 1. The number of benzene rings is 4. The molecule has 274 valence electrons. The van der Waals surface area contributed by atoms with E-state index in [0.29, 0.717) is 23.1 Å². The summed E-state index contributed by atoms with van der Waals surface area (Å²) in [5.74, 6) is -1.98. The molecule has 4 aromatic rings. The van der Waals surface area contributed by atoms with E-state index in [2.05, 4.69) is 69.3 Å². The monoisotopic (exact) mass is 757 g/mol. The summed E-state index contributed by atoms with van der Waals surface area (Å²) >= 11 is 13.1. The molecular weight excluding hydrogens is 709 g/mol. The number of piperidine rings is 1. The van der Waals surface area contributed by atoms with Crippen molar-refractivity contribution in [1.82, 2.24) is 4.90 Å². The quantitative estimate of drug-likeness (QED) is 0.117. The van der Waals surface area contributed by atoms with Gasteiger partial charge >= 0.3 is 5.97 Å². The van der Waals surface area contributed by atoms with Crippen molar-refractivity contribution in [2.24, 2.45) is 17.3 Å². The average molecular weight is 759 g/mol. The second-order valence-corrected chi connectivity index (χ2v) is 20.8. The summed E-state index contributed by atoms with van der Waals surface area (Å²) in [6.07, 6.45) is 2.19. The van der Waals surface area contributed by atoms with Gasteiger partial charge in [0.05, 0.1) is 43.7 Å². The predicted octanol–water partition coefficient (Wildman–Crippen LogP) is 8.19. The summed E-state index contributed by atoms with van der Waals surface area (Å²) in [5.41, 5.74) is 0.585. The number of methoxy groups -OCH3 is 1. The Labute approximate surface area is 319 Å². The molecule has 1 amide bonds. The molecule has 1 saturated carbocycles. The summed E-state index contributed by atoms with van der Waals surface area (Å²) in [7, 11) is -1.69. The summed E-state index contributed by atoms with van der Waals surface area (Å²) in [4.78, 5) is 30.9. The third kappa shape index (κ3) is 7.23. The van der Waals surface area contributed by atoms with Crippen molar-refractivity contribution in [1.29, 1.82) is 0 Å².